The fourth-order valence-corrected chi connectivity index (χ4v) is 15.8. The van der Waals surface area contributed by atoms with Gasteiger partial charge >= 0.3 is 0 Å². The van der Waals surface area contributed by atoms with Crippen molar-refractivity contribution in [1.82, 2.24) is 9.13 Å². The molecule has 0 spiro atoms. The molecule has 2 fully saturated rings. The van der Waals surface area contributed by atoms with Crippen LogP contribution in [0.5, 0.6) is 23.0 Å². The zero-order valence-electron chi connectivity index (χ0n) is 56.1. The smallest absolute Gasteiger partial charge is 0.162 e. The fourth-order valence-electron chi connectivity index (χ4n) is 15.3. The molecule has 0 N–H and O–H groups in total. The van der Waals surface area contributed by atoms with E-state index in [1.807, 2.05) is 91.0 Å². The van der Waals surface area contributed by atoms with Gasteiger partial charge in [0.2, 0.25) is 0 Å². The highest BCUT2D eigenvalue weighted by Gasteiger charge is 2.31. The Hall–Kier alpha value is -7.73. The summed E-state index contributed by atoms with van der Waals surface area (Å²) in [6.07, 6.45) is 26.8. The minimum atomic E-state index is 0.198. The van der Waals surface area contributed by atoms with Crippen molar-refractivity contribution in [3.05, 3.63) is 188 Å². The number of rotatable bonds is 13. The maximum Gasteiger partial charge on any atom is 0.162 e. The summed E-state index contributed by atoms with van der Waals surface area (Å²) in [5.41, 5.74) is 14.8. The first-order chi connectivity index (χ1) is 47.0. The van der Waals surface area contributed by atoms with Gasteiger partial charge in [-0.15, -0.1) is 0 Å². The average Bonchev–Trinajstić information content (AvgIpc) is 1.60. The molecule has 2 aliphatic heterocycles. The zero-order valence-corrected chi connectivity index (χ0v) is 58.5. The Kier molecular flexibility index (Phi) is 23.5. The zero-order chi connectivity index (χ0) is 66.3. The number of hydrogen-bond donors (Lipinski definition) is 0. The van der Waals surface area contributed by atoms with E-state index in [0.29, 0.717) is 68.8 Å². The monoisotopic (exact) mass is 1370 g/mol. The number of Topliss-reactive ketones (excluding diaryl/α,β-unsaturated/α-hetero) is 4. The Morgan fingerprint density at radius 3 is 1.23 bits per heavy atom. The molecule has 2 aromatic heterocycles. The van der Waals surface area contributed by atoms with Gasteiger partial charge in [-0.3, -0.25) is 19.2 Å². The summed E-state index contributed by atoms with van der Waals surface area (Å²) < 4.78 is 29.0. The number of methoxy groups -OCH3 is 2. The molecule has 12 heteroatoms. The van der Waals surface area contributed by atoms with E-state index in [9.17, 15) is 19.2 Å². The Balaban J connectivity index is 0.000000185. The van der Waals surface area contributed by atoms with Crippen molar-refractivity contribution in [2.24, 2.45) is 0 Å². The van der Waals surface area contributed by atoms with E-state index in [4.69, 9.17) is 30.5 Å². The van der Waals surface area contributed by atoms with Gasteiger partial charge in [-0.2, -0.15) is 0 Å². The number of halogens is 2. The van der Waals surface area contributed by atoms with E-state index < -0.39 is 0 Å². The highest BCUT2D eigenvalue weighted by Crippen LogP contribution is 2.47. The standard InChI is InChI=1S/C45H48ClNO4.C39H44BrNO4/c1-50-39-24-26-40(31-15-20-36(46)21-16-31)35(27-39)30-51-38-22-17-33(18-23-38)45-44(32-11-7-6-8-12-32)41-25-19-34-28-42(41)47(45)29-37(48)13-9-4-2-3-5-10-14-43(34)49;1-44-33-20-22-35(40)30(23-33)26-45-32-18-15-28(16-19-32)39-38(27-11-7-6-8-12-27)34-21-17-29-24-36(34)41(39)25-31(42)13-9-4-2-3-5-10-14-37(29)43/h15-28,32H,2-14,29-30H2,1H3;15-24,27H,2-14,25-26H2,1H3. The SMILES string of the molecule is COc1ccc(-c2ccc(Cl)cc2)c(COc2ccc(-c3c(C4CCCCC4)c4ccc5cc4n3CC(=O)CCCCCCCCC5=O)cc2)c1.COc1ccc(Br)c(COc2ccc(-c3c(C4CCCCC4)c4ccc5cc4n3CC(=O)CCCCCCCCC5=O)cc2)c1. The van der Waals surface area contributed by atoms with Gasteiger partial charge in [-0.1, -0.05) is 160 Å². The number of hydrogen-bond acceptors (Lipinski definition) is 8. The molecule has 2 aliphatic carbocycles. The van der Waals surface area contributed by atoms with Crippen molar-refractivity contribution >= 4 is 72.5 Å². The van der Waals surface area contributed by atoms with Crippen LogP contribution in [0.3, 0.4) is 0 Å². The maximum absolute atomic E-state index is 13.6. The van der Waals surface area contributed by atoms with Crippen LogP contribution >= 0.6 is 27.5 Å². The molecule has 0 atom stereocenters. The second-order valence-corrected chi connectivity index (χ2v) is 28.4. The van der Waals surface area contributed by atoms with Gasteiger partial charge < -0.3 is 28.1 Å². The average molecular weight is 1370 g/mol. The minimum Gasteiger partial charge on any atom is -0.497 e. The molecule has 9 aromatic rings. The largest absolute Gasteiger partial charge is 0.497 e. The summed E-state index contributed by atoms with van der Waals surface area (Å²) in [7, 11) is 3.34. The van der Waals surface area contributed by atoms with Gasteiger partial charge in [0.1, 0.15) is 36.2 Å². The normalized spacial score (nSPS) is 16.9. The van der Waals surface area contributed by atoms with Crippen LogP contribution in [0.2, 0.25) is 5.02 Å². The van der Waals surface area contributed by atoms with E-state index in [1.165, 1.54) is 60.4 Å². The molecule has 96 heavy (non-hydrogen) atoms. The summed E-state index contributed by atoms with van der Waals surface area (Å²) in [5.74, 6) is 4.88. The van der Waals surface area contributed by atoms with Crippen molar-refractivity contribution in [3.63, 3.8) is 0 Å². The van der Waals surface area contributed by atoms with Crippen molar-refractivity contribution < 1.29 is 38.1 Å². The number of ketones is 4. The van der Waals surface area contributed by atoms with E-state index in [0.717, 1.165) is 197 Å². The summed E-state index contributed by atoms with van der Waals surface area (Å²) >= 11 is 9.80. The van der Waals surface area contributed by atoms with Crippen LogP contribution in [-0.4, -0.2) is 46.5 Å². The van der Waals surface area contributed by atoms with Gasteiger partial charge in [0.25, 0.3) is 0 Å². The lowest BCUT2D eigenvalue weighted by molar-refractivity contribution is -0.120. The summed E-state index contributed by atoms with van der Waals surface area (Å²) in [5, 5.41) is 3.07. The third kappa shape index (κ3) is 16.6. The minimum absolute atomic E-state index is 0.198. The van der Waals surface area contributed by atoms with Crippen LogP contribution in [0.4, 0.5) is 0 Å². The second-order valence-electron chi connectivity index (χ2n) is 27.1. The lowest BCUT2D eigenvalue weighted by atomic mass is 9.81. The molecule has 4 heterocycles. The van der Waals surface area contributed by atoms with Gasteiger partial charge in [0, 0.05) is 79.2 Å². The highest BCUT2D eigenvalue weighted by atomic mass is 79.9. The van der Waals surface area contributed by atoms with Crippen molar-refractivity contribution in [1.29, 1.82) is 0 Å². The molecule has 0 amide bonds. The van der Waals surface area contributed by atoms with E-state index in [2.05, 4.69) is 79.7 Å². The lowest BCUT2D eigenvalue weighted by Gasteiger charge is -2.24. The van der Waals surface area contributed by atoms with E-state index in [1.54, 1.807) is 14.2 Å². The summed E-state index contributed by atoms with van der Waals surface area (Å²) in [6.45, 7) is 1.43. The van der Waals surface area contributed by atoms with Crippen LogP contribution < -0.4 is 18.9 Å². The third-order valence-electron chi connectivity index (χ3n) is 20.5. The van der Waals surface area contributed by atoms with E-state index in [-0.39, 0.29) is 23.1 Å². The topological polar surface area (TPSA) is 115 Å². The number of aromatic nitrogens is 2. The molecular weight excluding hydrogens is 1280 g/mol. The number of fused-ring (bicyclic) bond motifs is 2. The molecule has 0 radical (unpaired) electrons. The molecule has 0 unspecified atom stereocenters. The fraction of sp³-hybridized carbons (Fsp3) is 0.405. The first-order valence-electron chi connectivity index (χ1n) is 35.6. The van der Waals surface area contributed by atoms with Crippen molar-refractivity contribution in [2.45, 2.75) is 205 Å². The summed E-state index contributed by atoms with van der Waals surface area (Å²) in [4.78, 5) is 53.8. The Labute approximate surface area is 580 Å². The molecule has 4 aliphatic rings. The Morgan fingerprint density at radius 2 is 0.771 bits per heavy atom. The quantitative estimate of drug-likeness (QED) is 0.112. The number of carbonyl (C=O) groups excluding carboxylic acids is 4. The third-order valence-corrected chi connectivity index (χ3v) is 21.6. The molecule has 2 saturated carbocycles. The number of ether oxygens (including phenoxy) is 4. The molecule has 10 nitrogen and oxygen atoms in total. The number of carbonyl (C=O) groups is 4. The van der Waals surface area contributed by atoms with Crippen LogP contribution in [0, 0.1) is 0 Å². The molecule has 0 saturated heterocycles. The number of benzene rings is 7. The van der Waals surface area contributed by atoms with Gasteiger partial charge in [0.05, 0.1) is 38.7 Å². The Morgan fingerprint density at radius 1 is 0.396 bits per heavy atom. The predicted octanol–water partition coefficient (Wildman–Crippen LogP) is 22.7. The van der Waals surface area contributed by atoms with Gasteiger partial charge in [-0.05, 0) is 200 Å². The molecular formula is C84H92BrClN2O8. The first kappa shape index (κ1) is 68.2. The number of nitrogens with zero attached hydrogens (tertiary/aromatic N) is 2. The maximum atomic E-state index is 13.6. The Bertz CT molecular complexity index is 4170. The van der Waals surface area contributed by atoms with Crippen LogP contribution in [0.1, 0.15) is 222 Å². The first-order valence-corrected chi connectivity index (χ1v) is 36.8. The molecule has 7 aromatic carbocycles. The van der Waals surface area contributed by atoms with E-state index >= 15 is 0 Å². The van der Waals surface area contributed by atoms with Gasteiger partial charge in [0.15, 0.2) is 23.1 Å². The van der Waals surface area contributed by atoms with Crippen molar-refractivity contribution in [3.8, 4) is 56.6 Å². The van der Waals surface area contributed by atoms with Crippen molar-refractivity contribution in [2.75, 3.05) is 14.2 Å². The molecule has 4 bridgehead atoms. The highest BCUT2D eigenvalue weighted by molar-refractivity contribution is 9.10. The summed E-state index contributed by atoms with van der Waals surface area (Å²) in [6, 6.07) is 49.0. The molecule has 500 valence electrons. The second kappa shape index (κ2) is 33.0. The van der Waals surface area contributed by atoms with Crippen LogP contribution in [-0.2, 0) is 35.9 Å². The predicted molar refractivity (Wildman–Crippen MR) is 392 cm³/mol. The van der Waals surface area contributed by atoms with Crippen LogP contribution in [0.15, 0.2) is 150 Å². The molecule has 13 rings (SSSR count). The lowest BCUT2D eigenvalue weighted by Crippen LogP contribution is -2.12. The van der Waals surface area contributed by atoms with Gasteiger partial charge in [-0.25, -0.2) is 0 Å². The van der Waals surface area contributed by atoms with Crippen LogP contribution in [0.25, 0.3) is 55.4 Å².